The molecule has 0 saturated heterocycles. The molecule has 0 aliphatic heterocycles. The molecule has 0 aromatic rings. The number of carbonyl (C=O) groups is 2. The molecule has 0 radical (unpaired) electrons. The summed E-state index contributed by atoms with van der Waals surface area (Å²) in [5.41, 5.74) is 0. The number of carboxylic acid groups (broad SMARTS) is 1. The summed E-state index contributed by atoms with van der Waals surface area (Å²) in [5.74, 6) is -0.794. The van der Waals surface area contributed by atoms with E-state index in [0.717, 1.165) is 32.4 Å². The topological polar surface area (TPSA) is 72.9 Å². The van der Waals surface area contributed by atoms with Gasteiger partial charge in [-0.1, -0.05) is 13.8 Å². The normalized spacial score (nSPS) is 21.9. The number of rotatable bonds is 7. The Morgan fingerprint density at radius 2 is 1.95 bits per heavy atom. The molecule has 1 aliphatic carbocycles. The fourth-order valence-corrected chi connectivity index (χ4v) is 2.40. The van der Waals surface area contributed by atoms with E-state index in [1.807, 2.05) is 18.7 Å². The van der Waals surface area contributed by atoms with Crippen LogP contribution in [-0.2, 0) is 4.79 Å². The first-order valence-corrected chi connectivity index (χ1v) is 6.95. The van der Waals surface area contributed by atoms with E-state index in [1.54, 1.807) is 11.9 Å². The van der Waals surface area contributed by atoms with Crippen LogP contribution in [0.4, 0.5) is 4.79 Å². The summed E-state index contributed by atoms with van der Waals surface area (Å²) in [6.07, 6.45) is 2.62. The van der Waals surface area contributed by atoms with E-state index in [9.17, 15) is 9.59 Å². The minimum Gasteiger partial charge on any atom is -0.480 e. The zero-order valence-corrected chi connectivity index (χ0v) is 12.1. The molecule has 19 heavy (non-hydrogen) atoms. The fraction of sp³-hybridized carbons (Fsp3) is 0.846. The molecule has 0 aromatic carbocycles. The molecule has 2 N–H and O–H groups in total. The van der Waals surface area contributed by atoms with Gasteiger partial charge in [-0.15, -0.1) is 0 Å². The number of hydrogen-bond donors (Lipinski definition) is 2. The van der Waals surface area contributed by atoms with E-state index in [1.165, 1.54) is 0 Å². The highest BCUT2D eigenvalue weighted by Crippen LogP contribution is 2.25. The molecular weight excluding hydrogens is 246 g/mol. The molecule has 0 aromatic heterocycles. The van der Waals surface area contributed by atoms with Crippen LogP contribution in [0.1, 0.15) is 33.1 Å². The Morgan fingerprint density at radius 3 is 2.42 bits per heavy atom. The van der Waals surface area contributed by atoms with Gasteiger partial charge in [-0.25, -0.2) is 4.79 Å². The summed E-state index contributed by atoms with van der Waals surface area (Å²) < 4.78 is 0. The number of nitrogens with one attached hydrogen (secondary N) is 1. The van der Waals surface area contributed by atoms with Crippen molar-refractivity contribution in [3.8, 4) is 0 Å². The Balaban J connectivity index is 2.29. The maximum atomic E-state index is 11.8. The zero-order valence-electron chi connectivity index (χ0n) is 12.1. The first kappa shape index (κ1) is 15.8. The van der Waals surface area contributed by atoms with Crippen molar-refractivity contribution in [2.75, 3.05) is 26.7 Å². The van der Waals surface area contributed by atoms with E-state index in [-0.39, 0.29) is 24.7 Å². The number of likely N-dealkylation sites (N-methyl/N-ethyl adjacent to an activating group) is 1. The third kappa shape index (κ3) is 4.70. The van der Waals surface area contributed by atoms with Gasteiger partial charge in [0.25, 0.3) is 0 Å². The highest BCUT2D eigenvalue weighted by atomic mass is 16.4. The van der Waals surface area contributed by atoms with Gasteiger partial charge < -0.3 is 15.3 Å². The molecule has 1 rings (SSSR count). The van der Waals surface area contributed by atoms with Crippen molar-refractivity contribution in [1.82, 2.24) is 15.1 Å². The average Bonchev–Trinajstić information content (AvgIpc) is 2.30. The molecule has 1 saturated carbocycles. The summed E-state index contributed by atoms with van der Waals surface area (Å²) in [5, 5.41) is 11.8. The fourth-order valence-electron chi connectivity index (χ4n) is 2.40. The smallest absolute Gasteiger partial charge is 0.317 e. The van der Waals surface area contributed by atoms with Gasteiger partial charge in [0, 0.05) is 25.7 Å². The molecule has 1 aliphatic rings. The van der Waals surface area contributed by atoms with Crippen molar-refractivity contribution in [2.45, 2.75) is 45.2 Å². The van der Waals surface area contributed by atoms with Crippen LogP contribution in [0.15, 0.2) is 0 Å². The highest BCUT2D eigenvalue weighted by Gasteiger charge is 2.34. The van der Waals surface area contributed by atoms with Crippen LogP contribution in [0.25, 0.3) is 0 Å². The van der Waals surface area contributed by atoms with Gasteiger partial charge in [-0.3, -0.25) is 9.69 Å². The summed E-state index contributed by atoms with van der Waals surface area (Å²) in [4.78, 5) is 26.1. The third-order valence-electron chi connectivity index (χ3n) is 3.61. The number of nitrogens with zero attached hydrogens (tertiary/aromatic N) is 2. The second-order valence-corrected chi connectivity index (χ2v) is 5.15. The molecule has 0 atom stereocenters. The lowest BCUT2D eigenvalue weighted by atomic mass is 9.85. The summed E-state index contributed by atoms with van der Waals surface area (Å²) >= 11 is 0. The van der Waals surface area contributed by atoms with Crippen molar-refractivity contribution >= 4 is 12.0 Å². The molecule has 6 heteroatoms. The molecule has 0 bridgehead atoms. The van der Waals surface area contributed by atoms with E-state index in [4.69, 9.17) is 5.11 Å². The van der Waals surface area contributed by atoms with Crippen molar-refractivity contribution in [1.29, 1.82) is 0 Å². The number of hydrogen-bond acceptors (Lipinski definition) is 3. The first-order valence-electron chi connectivity index (χ1n) is 6.95. The SMILES string of the molecule is CCCN(C)C(=O)NC1CC(N(CC)CC(=O)O)C1. The van der Waals surface area contributed by atoms with Crippen LogP contribution in [0.3, 0.4) is 0 Å². The lowest BCUT2D eigenvalue weighted by molar-refractivity contribution is -0.139. The minimum absolute atomic E-state index is 0.0356. The van der Waals surface area contributed by atoms with Crippen molar-refractivity contribution in [3.05, 3.63) is 0 Å². The summed E-state index contributed by atoms with van der Waals surface area (Å²) in [7, 11) is 1.79. The number of amides is 2. The average molecular weight is 271 g/mol. The lowest BCUT2D eigenvalue weighted by Gasteiger charge is -2.42. The third-order valence-corrected chi connectivity index (χ3v) is 3.61. The Bertz CT molecular complexity index is 316. The maximum Gasteiger partial charge on any atom is 0.317 e. The predicted molar refractivity (Wildman–Crippen MR) is 73.1 cm³/mol. The summed E-state index contributed by atoms with van der Waals surface area (Å²) in [6, 6.07) is 0.425. The van der Waals surface area contributed by atoms with Crippen molar-refractivity contribution < 1.29 is 14.7 Å². The molecule has 0 spiro atoms. The van der Waals surface area contributed by atoms with Crippen molar-refractivity contribution in [3.63, 3.8) is 0 Å². The Morgan fingerprint density at radius 1 is 1.32 bits per heavy atom. The van der Waals surface area contributed by atoms with E-state index in [0.29, 0.717) is 0 Å². The Hall–Kier alpha value is -1.30. The Labute approximate surface area is 114 Å². The molecule has 0 unspecified atom stereocenters. The van der Waals surface area contributed by atoms with Gasteiger partial charge in [0.15, 0.2) is 0 Å². The number of carbonyl (C=O) groups excluding carboxylic acids is 1. The van der Waals surface area contributed by atoms with Gasteiger partial charge in [0.2, 0.25) is 0 Å². The number of aliphatic carboxylic acids is 1. The van der Waals surface area contributed by atoms with E-state index in [2.05, 4.69) is 5.32 Å². The second kappa shape index (κ2) is 7.33. The van der Waals surface area contributed by atoms with Crippen LogP contribution in [0, 0.1) is 0 Å². The van der Waals surface area contributed by atoms with Crippen LogP contribution >= 0.6 is 0 Å². The molecule has 2 amide bonds. The van der Waals surface area contributed by atoms with Gasteiger partial charge in [0.05, 0.1) is 6.54 Å². The van der Waals surface area contributed by atoms with Gasteiger partial charge >= 0.3 is 12.0 Å². The predicted octanol–water partition coefficient (Wildman–Crippen LogP) is 0.975. The summed E-state index contributed by atoms with van der Waals surface area (Å²) in [6.45, 7) is 5.56. The monoisotopic (exact) mass is 271 g/mol. The maximum absolute atomic E-state index is 11.8. The number of urea groups is 1. The minimum atomic E-state index is -0.794. The first-order chi connectivity index (χ1) is 8.97. The lowest BCUT2D eigenvalue weighted by Crippen LogP contribution is -2.56. The molecule has 0 heterocycles. The quantitative estimate of drug-likeness (QED) is 0.724. The van der Waals surface area contributed by atoms with Crippen LogP contribution < -0.4 is 5.32 Å². The van der Waals surface area contributed by atoms with Gasteiger partial charge in [-0.2, -0.15) is 0 Å². The van der Waals surface area contributed by atoms with Crippen molar-refractivity contribution in [2.24, 2.45) is 0 Å². The molecule has 110 valence electrons. The zero-order chi connectivity index (χ0) is 14.4. The Kier molecular flexibility index (Phi) is 6.08. The molecule has 1 fully saturated rings. The van der Waals surface area contributed by atoms with Crippen LogP contribution in [0.5, 0.6) is 0 Å². The highest BCUT2D eigenvalue weighted by molar-refractivity contribution is 5.74. The molecule has 6 nitrogen and oxygen atoms in total. The molecular formula is C13H25N3O3. The van der Waals surface area contributed by atoms with Crippen LogP contribution in [-0.4, -0.2) is 65.7 Å². The van der Waals surface area contributed by atoms with Crippen LogP contribution in [0.2, 0.25) is 0 Å². The second-order valence-electron chi connectivity index (χ2n) is 5.15. The largest absolute Gasteiger partial charge is 0.480 e. The van der Waals surface area contributed by atoms with Gasteiger partial charge in [0.1, 0.15) is 0 Å². The van der Waals surface area contributed by atoms with Gasteiger partial charge in [-0.05, 0) is 25.8 Å². The number of carboxylic acids is 1. The standard InChI is InChI=1S/C13H25N3O3/c1-4-6-15(3)13(19)14-10-7-11(8-10)16(5-2)9-12(17)18/h10-11H,4-9H2,1-3H3,(H,14,19)(H,17,18). The van der Waals surface area contributed by atoms with E-state index < -0.39 is 5.97 Å². The van der Waals surface area contributed by atoms with E-state index >= 15 is 0 Å².